The Hall–Kier alpha value is -2.39. The van der Waals surface area contributed by atoms with E-state index in [-0.39, 0.29) is 5.56 Å². The largest absolute Gasteiger partial charge is 0.275 e. The number of hydrogen-bond acceptors (Lipinski definition) is 2. The van der Waals surface area contributed by atoms with Gasteiger partial charge in [-0.25, -0.2) is 0 Å². The molecule has 0 N–H and O–H groups in total. The predicted octanol–water partition coefficient (Wildman–Crippen LogP) is 4.21. The summed E-state index contributed by atoms with van der Waals surface area (Å²) in [7, 11) is 0. The van der Waals surface area contributed by atoms with Crippen LogP contribution in [0.25, 0.3) is 26.0 Å². The van der Waals surface area contributed by atoms with Gasteiger partial charge in [-0.1, -0.05) is 36.4 Å². The van der Waals surface area contributed by atoms with Crippen LogP contribution in [0.1, 0.15) is 0 Å². The second-order valence-electron chi connectivity index (χ2n) is 4.65. The normalized spacial score (nSPS) is 11.2. The number of hydrogen-bond donors (Lipinski definition) is 0. The fraction of sp³-hybridized carbons (Fsp3) is 0. The highest BCUT2D eigenvalue weighted by atomic mass is 32.1. The summed E-state index contributed by atoms with van der Waals surface area (Å²) < 4.78 is 4.14. The van der Waals surface area contributed by atoms with Crippen LogP contribution >= 0.6 is 11.3 Å². The molecule has 96 valence electrons. The van der Waals surface area contributed by atoms with E-state index in [0.29, 0.717) is 0 Å². The molecule has 0 radical (unpaired) electrons. The summed E-state index contributed by atoms with van der Waals surface area (Å²) in [6.07, 6.45) is 0. The highest BCUT2D eigenvalue weighted by Gasteiger charge is 2.11. The van der Waals surface area contributed by atoms with Crippen molar-refractivity contribution in [2.45, 2.75) is 0 Å². The number of para-hydroxylation sites is 1. The molecule has 0 spiro atoms. The molecule has 0 bridgehead atoms. The monoisotopic (exact) mass is 277 g/mol. The Labute approximate surface area is 119 Å². The molecule has 2 heterocycles. The van der Waals surface area contributed by atoms with Gasteiger partial charge in [0.05, 0.1) is 10.2 Å². The molecule has 3 heteroatoms. The lowest BCUT2D eigenvalue weighted by molar-refractivity contribution is 1.05. The van der Waals surface area contributed by atoms with Crippen molar-refractivity contribution in [3.63, 3.8) is 0 Å². The SMILES string of the molecule is O=c1ccc2sc3ccccc3c2n1-c1ccccc1. The molecule has 0 aliphatic heterocycles. The Morgan fingerprint density at radius 2 is 1.50 bits per heavy atom. The predicted molar refractivity (Wildman–Crippen MR) is 84.9 cm³/mol. The van der Waals surface area contributed by atoms with Gasteiger partial charge >= 0.3 is 0 Å². The standard InChI is InChI=1S/C17H11NOS/c19-16-11-10-15-17(13-8-4-5-9-14(13)20-15)18(16)12-6-2-1-3-7-12/h1-11H. The zero-order valence-electron chi connectivity index (χ0n) is 10.6. The van der Waals surface area contributed by atoms with Crippen LogP contribution in [-0.4, -0.2) is 4.57 Å². The van der Waals surface area contributed by atoms with Gasteiger partial charge in [0.15, 0.2) is 0 Å². The van der Waals surface area contributed by atoms with Crippen molar-refractivity contribution in [3.8, 4) is 5.69 Å². The first kappa shape index (κ1) is 11.4. The van der Waals surface area contributed by atoms with Crippen molar-refractivity contribution in [2.75, 3.05) is 0 Å². The zero-order valence-corrected chi connectivity index (χ0v) is 11.4. The van der Waals surface area contributed by atoms with Gasteiger partial charge < -0.3 is 0 Å². The maximum absolute atomic E-state index is 12.3. The number of rotatable bonds is 1. The minimum absolute atomic E-state index is 0.00672. The topological polar surface area (TPSA) is 22.0 Å². The summed E-state index contributed by atoms with van der Waals surface area (Å²) in [4.78, 5) is 12.3. The molecule has 4 aromatic rings. The summed E-state index contributed by atoms with van der Waals surface area (Å²) in [5.74, 6) is 0. The van der Waals surface area contributed by atoms with Gasteiger partial charge in [0, 0.05) is 21.8 Å². The fourth-order valence-corrected chi connectivity index (χ4v) is 3.65. The molecule has 0 atom stereocenters. The van der Waals surface area contributed by atoms with Crippen LogP contribution in [0.4, 0.5) is 0 Å². The summed E-state index contributed by atoms with van der Waals surface area (Å²) in [6, 6.07) is 21.6. The number of pyridine rings is 1. The number of aromatic nitrogens is 1. The van der Waals surface area contributed by atoms with Gasteiger partial charge in [-0.15, -0.1) is 11.3 Å². The van der Waals surface area contributed by atoms with Gasteiger partial charge in [-0.05, 0) is 24.3 Å². The molecule has 0 aliphatic carbocycles. The van der Waals surface area contributed by atoms with Crippen molar-refractivity contribution in [2.24, 2.45) is 0 Å². The van der Waals surface area contributed by atoms with Crippen molar-refractivity contribution in [1.82, 2.24) is 4.57 Å². The molecular weight excluding hydrogens is 266 g/mol. The smallest absolute Gasteiger partial charge is 0.255 e. The fourth-order valence-electron chi connectivity index (χ4n) is 2.56. The first-order valence-corrected chi connectivity index (χ1v) is 7.25. The van der Waals surface area contributed by atoms with E-state index in [9.17, 15) is 4.79 Å². The molecule has 0 saturated heterocycles. The molecule has 0 amide bonds. The average Bonchev–Trinajstić information content (AvgIpc) is 2.87. The van der Waals surface area contributed by atoms with E-state index >= 15 is 0 Å². The Bertz CT molecular complexity index is 967. The average molecular weight is 277 g/mol. The summed E-state index contributed by atoms with van der Waals surface area (Å²) in [5.41, 5.74) is 1.92. The lowest BCUT2D eigenvalue weighted by Crippen LogP contribution is -2.16. The van der Waals surface area contributed by atoms with Crippen molar-refractivity contribution < 1.29 is 0 Å². The second-order valence-corrected chi connectivity index (χ2v) is 5.74. The van der Waals surface area contributed by atoms with Crippen LogP contribution in [0.2, 0.25) is 0 Å². The number of thiophene rings is 1. The molecule has 0 aliphatic rings. The molecule has 0 saturated carbocycles. The van der Waals surface area contributed by atoms with Crippen molar-refractivity contribution in [1.29, 1.82) is 0 Å². The third-order valence-corrected chi connectivity index (χ3v) is 4.56. The van der Waals surface area contributed by atoms with Crippen molar-refractivity contribution >= 4 is 31.6 Å². The zero-order chi connectivity index (χ0) is 13.5. The molecule has 2 nitrogen and oxygen atoms in total. The molecule has 20 heavy (non-hydrogen) atoms. The van der Waals surface area contributed by atoms with Crippen LogP contribution in [0, 0.1) is 0 Å². The maximum Gasteiger partial charge on any atom is 0.255 e. The van der Waals surface area contributed by atoms with E-state index in [1.807, 2.05) is 48.5 Å². The summed E-state index contributed by atoms with van der Waals surface area (Å²) in [6.45, 7) is 0. The lowest BCUT2D eigenvalue weighted by Gasteiger charge is -2.07. The minimum atomic E-state index is 0.00672. The number of fused-ring (bicyclic) bond motifs is 3. The molecule has 0 unspecified atom stereocenters. The van der Waals surface area contributed by atoms with Gasteiger partial charge in [0.25, 0.3) is 5.56 Å². The van der Waals surface area contributed by atoms with Crippen molar-refractivity contribution in [3.05, 3.63) is 77.1 Å². The highest BCUT2D eigenvalue weighted by Crippen LogP contribution is 2.33. The Kier molecular flexibility index (Phi) is 2.47. The van der Waals surface area contributed by atoms with Gasteiger partial charge in [0.1, 0.15) is 0 Å². The maximum atomic E-state index is 12.3. The Morgan fingerprint density at radius 1 is 0.750 bits per heavy atom. The first-order chi connectivity index (χ1) is 9.84. The number of nitrogens with zero attached hydrogens (tertiary/aromatic N) is 1. The van der Waals surface area contributed by atoms with E-state index in [0.717, 1.165) is 21.3 Å². The molecule has 2 aromatic heterocycles. The molecule has 4 rings (SSSR count). The van der Waals surface area contributed by atoms with E-state index in [1.165, 1.54) is 4.70 Å². The Morgan fingerprint density at radius 3 is 2.35 bits per heavy atom. The third-order valence-electron chi connectivity index (χ3n) is 3.43. The minimum Gasteiger partial charge on any atom is -0.275 e. The van der Waals surface area contributed by atoms with Crippen LogP contribution in [0.5, 0.6) is 0 Å². The first-order valence-electron chi connectivity index (χ1n) is 6.43. The van der Waals surface area contributed by atoms with E-state index < -0.39 is 0 Å². The van der Waals surface area contributed by atoms with E-state index in [1.54, 1.807) is 22.0 Å². The van der Waals surface area contributed by atoms with Crippen LogP contribution in [0.3, 0.4) is 0 Å². The molecule has 2 aromatic carbocycles. The van der Waals surface area contributed by atoms with Gasteiger partial charge in [0.2, 0.25) is 0 Å². The molecular formula is C17H11NOS. The van der Waals surface area contributed by atoms with Crippen LogP contribution in [-0.2, 0) is 0 Å². The second kappa shape index (κ2) is 4.32. The highest BCUT2D eigenvalue weighted by molar-refractivity contribution is 7.25. The Balaban J connectivity index is 2.24. The lowest BCUT2D eigenvalue weighted by atomic mass is 10.2. The third kappa shape index (κ3) is 1.60. The summed E-state index contributed by atoms with van der Waals surface area (Å²) in [5, 5.41) is 1.13. The number of benzene rings is 2. The van der Waals surface area contributed by atoms with Crippen LogP contribution < -0.4 is 5.56 Å². The molecule has 0 fully saturated rings. The van der Waals surface area contributed by atoms with E-state index in [2.05, 4.69) is 12.1 Å². The van der Waals surface area contributed by atoms with Crippen LogP contribution in [0.15, 0.2) is 71.5 Å². The van der Waals surface area contributed by atoms with E-state index in [4.69, 9.17) is 0 Å². The van der Waals surface area contributed by atoms with Gasteiger partial charge in [-0.3, -0.25) is 9.36 Å². The quantitative estimate of drug-likeness (QED) is 0.511. The summed E-state index contributed by atoms with van der Waals surface area (Å²) >= 11 is 1.72. The van der Waals surface area contributed by atoms with Gasteiger partial charge in [-0.2, -0.15) is 0 Å².